The van der Waals surface area contributed by atoms with Crippen LogP contribution in [-0.2, 0) is 4.79 Å². The fraction of sp³-hybridized carbons (Fsp3) is 0.727. The number of ketones is 1. The number of hydrogen-bond acceptors (Lipinski definition) is 2. The monoisotopic (exact) mass is 180 g/mol. The molecule has 0 aromatic carbocycles. The van der Waals surface area contributed by atoms with Crippen molar-refractivity contribution < 1.29 is 9.90 Å². The van der Waals surface area contributed by atoms with Gasteiger partial charge in [0, 0.05) is 5.92 Å². The van der Waals surface area contributed by atoms with E-state index in [-0.39, 0.29) is 23.7 Å². The molecular weight excluding hydrogens is 164 g/mol. The largest absolute Gasteiger partial charge is 0.392 e. The standard InChI is InChI=1S/C11H16O2/c1-11(2)4-8-7(6-12)3-10(13)9(8)5-11/h3,8-9,12H,4-6H2,1-2H3/t8-,9-/m0/s1. The number of allylic oxidation sites excluding steroid dienone is 1. The van der Waals surface area contributed by atoms with Gasteiger partial charge >= 0.3 is 0 Å². The Hall–Kier alpha value is -0.630. The minimum atomic E-state index is 0.0585. The van der Waals surface area contributed by atoms with E-state index in [1.54, 1.807) is 6.08 Å². The fourth-order valence-electron chi connectivity index (χ4n) is 2.81. The minimum Gasteiger partial charge on any atom is -0.392 e. The van der Waals surface area contributed by atoms with Crippen molar-refractivity contribution in [3.63, 3.8) is 0 Å². The molecule has 1 saturated carbocycles. The third kappa shape index (κ3) is 1.33. The maximum absolute atomic E-state index is 11.5. The molecule has 1 fully saturated rings. The Kier molecular flexibility index (Phi) is 1.84. The van der Waals surface area contributed by atoms with Crippen LogP contribution in [0.1, 0.15) is 26.7 Å². The van der Waals surface area contributed by atoms with E-state index in [2.05, 4.69) is 13.8 Å². The van der Waals surface area contributed by atoms with E-state index in [0.29, 0.717) is 5.92 Å². The molecule has 0 unspecified atom stereocenters. The zero-order valence-corrected chi connectivity index (χ0v) is 8.21. The minimum absolute atomic E-state index is 0.0585. The summed E-state index contributed by atoms with van der Waals surface area (Å²) in [7, 11) is 0. The Balaban J connectivity index is 2.24. The second kappa shape index (κ2) is 2.68. The van der Waals surface area contributed by atoms with Crippen molar-refractivity contribution in [2.75, 3.05) is 6.61 Å². The molecule has 2 aliphatic rings. The SMILES string of the molecule is CC1(C)C[C@@H]2C(=O)C=C(CO)[C@@H]2C1. The van der Waals surface area contributed by atoms with E-state index >= 15 is 0 Å². The molecule has 2 heteroatoms. The topological polar surface area (TPSA) is 37.3 Å². The predicted octanol–water partition coefficient (Wildman–Crippen LogP) is 1.54. The molecule has 0 aromatic rings. The van der Waals surface area contributed by atoms with Gasteiger partial charge in [-0.2, -0.15) is 0 Å². The smallest absolute Gasteiger partial charge is 0.159 e. The molecule has 0 bridgehead atoms. The summed E-state index contributed by atoms with van der Waals surface area (Å²) in [5.74, 6) is 0.754. The van der Waals surface area contributed by atoms with Crippen LogP contribution in [0.15, 0.2) is 11.6 Å². The quantitative estimate of drug-likeness (QED) is 0.664. The summed E-state index contributed by atoms with van der Waals surface area (Å²) in [5.41, 5.74) is 1.24. The highest BCUT2D eigenvalue weighted by Gasteiger charge is 2.46. The Labute approximate surface area is 78.6 Å². The summed E-state index contributed by atoms with van der Waals surface area (Å²) >= 11 is 0. The molecule has 2 atom stereocenters. The van der Waals surface area contributed by atoms with Crippen molar-refractivity contribution in [1.29, 1.82) is 0 Å². The number of aliphatic hydroxyl groups excluding tert-OH is 1. The van der Waals surface area contributed by atoms with Gasteiger partial charge in [-0.15, -0.1) is 0 Å². The highest BCUT2D eigenvalue weighted by Crippen LogP contribution is 2.51. The van der Waals surface area contributed by atoms with E-state index in [0.717, 1.165) is 18.4 Å². The lowest BCUT2D eigenvalue weighted by Gasteiger charge is -2.17. The lowest BCUT2D eigenvalue weighted by atomic mass is 9.88. The second-order valence-corrected chi connectivity index (χ2v) is 5.07. The lowest BCUT2D eigenvalue weighted by Crippen LogP contribution is -2.11. The molecule has 0 aromatic heterocycles. The van der Waals surface area contributed by atoms with Gasteiger partial charge in [-0.05, 0) is 35.8 Å². The molecule has 0 saturated heterocycles. The van der Waals surface area contributed by atoms with Gasteiger partial charge in [-0.25, -0.2) is 0 Å². The van der Waals surface area contributed by atoms with Crippen LogP contribution in [0, 0.1) is 17.3 Å². The van der Waals surface area contributed by atoms with Crippen molar-refractivity contribution in [1.82, 2.24) is 0 Å². The van der Waals surface area contributed by atoms with Crippen LogP contribution >= 0.6 is 0 Å². The van der Waals surface area contributed by atoms with Crippen LogP contribution < -0.4 is 0 Å². The van der Waals surface area contributed by atoms with E-state index in [1.807, 2.05) is 0 Å². The first-order valence-electron chi connectivity index (χ1n) is 4.89. The van der Waals surface area contributed by atoms with Gasteiger partial charge < -0.3 is 5.11 Å². The molecule has 0 amide bonds. The van der Waals surface area contributed by atoms with Crippen molar-refractivity contribution in [3.8, 4) is 0 Å². The first kappa shape index (κ1) is 8.95. The van der Waals surface area contributed by atoms with Crippen LogP contribution in [-0.4, -0.2) is 17.5 Å². The molecule has 13 heavy (non-hydrogen) atoms. The molecule has 0 radical (unpaired) electrons. The van der Waals surface area contributed by atoms with E-state index in [9.17, 15) is 4.79 Å². The summed E-state index contributed by atoms with van der Waals surface area (Å²) < 4.78 is 0. The third-order valence-electron chi connectivity index (χ3n) is 3.38. The summed E-state index contributed by atoms with van der Waals surface area (Å²) in [6, 6.07) is 0. The number of carbonyl (C=O) groups excluding carboxylic acids is 1. The van der Waals surface area contributed by atoms with Crippen LogP contribution in [0.25, 0.3) is 0 Å². The number of aliphatic hydroxyl groups is 1. The normalized spacial score (nSPS) is 36.2. The van der Waals surface area contributed by atoms with Crippen molar-refractivity contribution >= 4 is 5.78 Å². The summed E-state index contributed by atoms with van der Waals surface area (Å²) in [5, 5.41) is 9.08. The second-order valence-electron chi connectivity index (χ2n) is 5.07. The first-order valence-corrected chi connectivity index (χ1v) is 4.89. The summed E-state index contributed by atoms with van der Waals surface area (Å²) in [4.78, 5) is 11.5. The highest BCUT2D eigenvalue weighted by atomic mass is 16.3. The van der Waals surface area contributed by atoms with Crippen LogP contribution in [0.5, 0.6) is 0 Å². The van der Waals surface area contributed by atoms with E-state index < -0.39 is 0 Å². The molecule has 0 aliphatic heterocycles. The van der Waals surface area contributed by atoms with Gasteiger partial charge in [0.05, 0.1) is 6.61 Å². The molecule has 0 heterocycles. The molecule has 1 N–H and O–H groups in total. The predicted molar refractivity (Wildman–Crippen MR) is 50.2 cm³/mol. The average molecular weight is 180 g/mol. The summed E-state index contributed by atoms with van der Waals surface area (Å²) in [6.07, 6.45) is 3.69. The Morgan fingerprint density at radius 3 is 2.69 bits per heavy atom. The zero-order chi connectivity index (χ0) is 9.64. The number of hydrogen-bond donors (Lipinski definition) is 1. The van der Waals surface area contributed by atoms with Crippen molar-refractivity contribution in [2.45, 2.75) is 26.7 Å². The molecule has 2 rings (SSSR count). The number of fused-ring (bicyclic) bond motifs is 1. The van der Waals surface area contributed by atoms with Crippen molar-refractivity contribution in [3.05, 3.63) is 11.6 Å². The van der Waals surface area contributed by atoms with Gasteiger partial charge in [-0.1, -0.05) is 13.8 Å². The molecule has 2 nitrogen and oxygen atoms in total. The first-order chi connectivity index (χ1) is 6.03. The molecular formula is C11H16O2. The Morgan fingerprint density at radius 1 is 1.46 bits per heavy atom. The molecule has 2 aliphatic carbocycles. The Bertz CT molecular complexity index is 276. The van der Waals surface area contributed by atoms with Crippen LogP contribution in [0.2, 0.25) is 0 Å². The lowest BCUT2D eigenvalue weighted by molar-refractivity contribution is -0.118. The van der Waals surface area contributed by atoms with E-state index in [4.69, 9.17) is 5.11 Å². The fourth-order valence-corrected chi connectivity index (χ4v) is 2.81. The summed E-state index contributed by atoms with van der Waals surface area (Å²) in [6.45, 7) is 4.46. The van der Waals surface area contributed by atoms with Crippen molar-refractivity contribution in [2.24, 2.45) is 17.3 Å². The van der Waals surface area contributed by atoms with Gasteiger partial charge in [0.15, 0.2) is 5.78 Å². The van der Waals surface area contributed by atoms with E-state index in [1.165, 1.54) is 0 Å². The van der Waals surface area contributed by atoms with Gasteiger partial charge in [0.2, 0.25) is 0 Å². The average Bonchev–Trinajstić information content (AvgIpc) is 2.47. The highest BCUT2D eigenvalue weighted by molar-refractivity contribution is 5.96. The maximum Gasteiger partial charge on any atom is 0.159 e. The molecule has 0 spiro atoms. The van der Waals surface area contributed by atoms with Gasteiger partial charge in [0.1, 0.15) is 0 Å². The van der Waals surface area contributed by atoms with Crippen LogP contribution in [0.4, 0.5) is 0 Å². The number of rotatable bonds is 1. The van der Waals surface area contributed by atoms with Crippen LogP contribution in [0.3, 0.4) is 0 Å². The number of carbonyl (C=O) groups is 1. The van der Waals surface area contributed by atoms with Gasteiger partial charge in [-0.3, -0.25) is 4.79 Å². The third-order valence-corrected chi connectivity index (χ3v) is 3.38. The Morgan fingerprint density at radius 2 is 2.08 bits per heavy atom. The molecule has 72 valence electrons. The van der Waals surface area contributed by atoms with Gasteiger partial charge in [0.25, 0.3) is 0 Å². The zero-order valence-electron chi connectivity index (χ0n) is 8.21. The maximum atomic E-state index is 11.5.